The Morgan fingerprint density at radius 1 is 1.40 bits per heavy atom. The zero-order valence-corrected chi connectivity index (χ0v) is 11.7. The average Bonchev–Trinajstić information content (AvgIpc) is 2.87. The van der Waals surface area contributed by atoms with Crippen molar-refractivity contribution in [2.45, 2.75) is 19.5 Å². The highest BCUT2D eigenvalue weighted by molar-refractivity contribution is 5.77. The van der Waals surface area contributed by atoms with Gasteiger partial charge in [-0.3, -0.25) is 5.32 Å². The Morgan fingerprint density at radius 2 is 2.15 bits per heavy atom. The summed E-state index contributed by atoms with van der Waals surface area (Å²) in [5.74, 6) is -0.285. The molecule has 5 nitrogen and oxygen atoms in total. The monoisotopic (exact) mass is 273 g/mol. The van der Waals surface area contributed by atoms with Crippen molar-refractivity contribution in [3.8, 4) is 0 Å². The number of ether oxygens (including phenoxy) is 1. The number of nitrogens with one attached hydrogen (secondary N) is 1. The van der Waals surface area contributed by atoms with Gasteiger partial charge in [-0.15, -0.1) is 0 Å². The Kier molecular flexibility index (Phi) is 4.90. The molecule has 0 saturated heterocycles. The van der Waals surface area contributed by atoms with Crippen LogP contribution < -0.4 is 5.32 Å². The van der Waals surface area contributed by atoms with Crippen LogP contribution in [0.5, 0.6) is 0 Å². The van der Waals surface area contributed by atoms with Crippen molar-refractivity contribution in [2.75, 3.05) is 6.61 Å². The molecule has 1 atom stereocenters. The van der Waals surface area contributed by atoms with E-state index >= 15 is 0 Å². The van der Waals surface area contributed by atoms with E-state index in [4.69, 9.17) is 4.74 Å². The van der Waals surface area contributed by atoms with Crippen LogP contribution in [0.3, 0.4) is 0 Å². The molecule has 1 N–H and O–H groups in total. The molecule has 106 valence electrons. The van der Waals surface area contributed by atoms with Gasteiger partial charge in [0.1, 0.15) is 6.04 Å². The lowest BCUT2D eigenvalue weighted by atomic mass is 10.2. The third-order valence-electron chi connectivity index (χ3n) is 3.03. The molecule has 0 aliphatic carbocycles. The first-order valence-corrected chi connectivity index (χ1v) is 6.62. The van der Waals surface area contributed by atoms with Gasteiger partial charge >= 0.3 is 5.97 Å². The molecular formula is C15H19N3O2. The normalized spacial score (nSPS) is 12.1. The van der Waals surface area contributed by atoms with E-state index in [9.17, 15) is 4.79 Å². The summed E-state index contributed by atoms with van der Waals surface area (Å²) in [6.45, 7) is 2.76. The van der Waals surface area contributed by atoms with Gasteiger partial charge in [-0.2, -0.15) is 0 Å². The number of hydrogen-bond donors (Lipinski definition) is 1. The van der Waals surface area contributed by atoms with E-state index in [0.717, 1.165) is 11.3 Å². The molecule has 20 heavy (non-hydrogen) atoms. The van der Waals surface area contributed by atoms with Gasteiger partial charge < -0.3 is 9.30 Å². The summed E-state index contributed by atoms with van der Waals surface area (Å²) >= 11 is 0. The largest absolute Gasteiger partial charge is 0.465 e. The summed E-state index contributed by atoms with van der Waals surface area (Å²) in [5, 5.41) is 3.23. The first kappa shape index (κ1) is 14.3. The second-order valence-corrected chi connectivity index (χ2v) is 4.48. The van der Waals surface area contributed by atoms with Crippen molar-refractivity contribution in [2.24, 2.45) is 7.05 Å². The second-order valence-electron chi connectivity index (χ2n) is 4.48. The van der Waals surface area contributed by atoms with E-state index in [1.165, 1.54) is 0 Å². The Labute approximate surface area is 118 Å². The smallest absolute Gasteiger partial charge is 0.329 e. The van der Waals surface area contributed by atoms with Crippen LogP contribution in [-0.4, -0.2) is 22.1 Å². The third kappa shape index (κ3) is 3.45. The Balaban J connectivity index is 2.11. The molecule has 2 rings (SSSR count). The minimum Gasteiger partial charge on any atom is -0.465 e. The van der Waals surface area contributed by atoms with E-state index in [0.29, 0.717) is 13.2 Å². The van der Waals surface area contributed by atoms with Crippen LogP contribution in [0.1, 0.15) is 24.2 Å². The third-order valence-corrected chi connectivity index (χ3v) is 3.03. The molecule has 0 spiro atoms. The van der Waals surface area contributed by atoms with Gasteiger partial charge in [-0.1, -0.05) is 30.3 Å². The number of nitrogens with zero attached hydrogens (tertiary/aromatic N) is 2. The molecule has 0 aliphatic heterocycles. The Hall–Kier alpha value is -2.14. The number of aromatic nitrogens is 2. The highest BCUT2D eigenvalue weighted by atomic mass is 16.5. The van der Waals surface area contributed by atoms with Crippen molar-refractivity contribution < 1.29 is 9.53 Å². The number of carbonyl (C=O) groups excluding carboxylic acids is 1. The lowest BCUT2D eigenvalue weighted by Crippen LogP contribution is -2.31. The van der Waals surface area contributed by atoms with Crippen LogP contribution in [0.2, 0.25) is 0 Å². The van der Waals surface area contributed by atoms with E-state index in [2.05, 4.69) is 10.3 Å². The van der Waals surface area contributed by atoms with Crippen LogP contribution >= 0.6 is 0 Å². The summed E-state index contributed by atoms with van der Waals surface area (Å²) in [6, 6.07) is 9.42. The lowest BCUT2D eigenvalue weighted by Gasteiger charge is -2.17. The maximum absolute atomic E-state index is 12.1. The quantitative estimate of drug-likeness (QED) is 0.816. The summed E-state index contributed by atoms with van der Waals surface area (Å²) in [4.78, 5) is 16.1. The molecule has 2 aromatic rings. The SMILES string of the molecule is CCOC(=O)C(NCc1ccccc1)c1cncn1C. The molecule has 0 saturated carbocycles. The standard InChI is InChI=1S/C15H19N3O2/c1-3-20-15(19)14(13-10-16-11-18(13)2)17-9-12-7-5-4-6-8-12/h4-8,10-11,14,17H,3,9H2,1-2H3. The summed E-state index contributed by atoms with van der Waals surface area (Å²) in [7, 11) is 1.86. The fourth-order valence-electron chi connectivity index (χ4n) is 2.00. The molecule has 0 fully saturated rings. The summed E-state index contributed by atoms with van der Waals surface area (Å²) < 4.78 is 6.95. The molecule has 0 amide bonds. The lowest BCUT2D eigenvalue weighted by molar-refractivity contribution is -0.146. The average molecular weight is 273 g/mol. The topological polar surface area (TPSA) is 56.1 Å². The van der Waals surface area contributed by atoms with Crippen LogP contribution in [-0.2, 0) is 23.1 Å². The maximum atomic E-state index is 12.1. The van der Waals surface area contributed by atoms with Gasteiger partial charge in [0.25, 0.3) is 0 Å². The van der Waals surface area contributed by atoms with Gasteiger partial charge in [0.2, 0.25) is 0 Å². The minimum atomic E-state index is -0.511. The van der Waals surface area contributed by atoms with E-state index in [-0.39, 0.29) is 5.97 Å². The number of carbonyl (C=O) groups is 1. The van der Waals surface area contributed by atoms with Gasteiger partial charge in [0, 0.05) is 13.6 Å². The molecule has 0 bridgehead atoms. The predicted molar refractivity (Wildman–Crippen MR) is 75.9 cm³/mol. The molecule has 0 radical (unpaired) electrons. The number of benzene rings is 1. The fraction of sp³-hybridized carbons (Fsp3) is 0.333. The van der Waals surface area contributed by atoms with Crippen LogP contribution in [0, 0.1) is 0 Å². The molecule has 0 aliphatic rings. The van der Waals surface area contributed by atoms with E-state index in [1.54, 1.807) is 19.4 Å². The number of aryl methyl sites for hydroxylation is 1. The molecule has 5 heteroatoms. The predicted octanol–water partition coefficient (Wildman–Crippen LogP) is 1.81. The molecule has 1 heterocycles. The van der Waals surface area contributed by atoms with Crippen molar-refractivity contribution in [1.29, 1.82) is 0 Å². The minimum absolute atomic E-state index is 0.285. The van der Waals surface area contributed by atoms with E-state index < -0.39 is 6.04 Å². The second kappa shape index (κ2) is 6.86. The van der Waals surface area contributed by atoms with Crippen molar-refractivity contribution in [3.05, 3.63) is 54.1 Å². The number of rotatable bonds is 6. The van der Waals surface area contributed by atoms with Gasteiger partial charge in [0.15, 0.2) is 0 Å². The number of imidazole rings is 1. The zero-order chi connectivity index (χ0) is 14.4. The van der Waals surface area contributed by atoms with E-state index in [1.807, 2.05) is 41.9 Å². The van der Waals surface area contributed by atoms with Gasteiger partial charge in [0.05, 0.1) is 24.8 Å². The zero-order valence-electron chi connectivity index (χ0n) is 11.7. The fourth-order valence-corrected chi connectivity index (χ4v) is 2.00. The van der Waals surface area contributed by atoms with Crippen molar-refractivity contribution in [3.63, 3.8) is 0 Å². The number of hydrogen-bond acceptors (Lipinski definition) is 4. The molecule has 1 unspecified atom stereocenters. The highest BCUT2D eigenvalue weighted by Gasteiger charge is 2.24. The van der Waals surface area contributed by atoms with Crippen molar-refractivity contribution in [1.82, 2.24) is 14.9 Å². The van der Waals surface area contributed by atoms with Crippen LogP contribution in [0.15, 0.2) is 42.9 Å². The van der Waals surface area contributed by atoms with Gasteiger partial charge in [-0.25, -0.2) is 9.78 Å². The van der Waals surface area contributed by atoms with Crippen LogP contribution in [0.4, 0.5) is 0 Å². The molecular weight excluding hydrogens is 254 g/mol. The Morgan fingerprint density at radius 3 is 2.75 bits per heavy atom. The maximum Gasteiger partial charge on any atom is 0.329 e. The van der Waals surface area contributed by atoms with Gasteiger partial charge in [-0.05, 0) is 12.5 Å². The van der Waals surface area contributed by atoms with Crippen LogP contribution in [0.25, 0.3) is 0 Å². The Bertz CT molecular complexity index is 551. The first-order valence-electron chi connectivity index (χ1n) is 6.62. The van der Waals surface area contributed by atoms with Crippen molar-refractivity contribution >= 4 is 5.97 Å². The summed E-state index contributed by atoms with van der Waals surface area (Å²) in [5.41, 5.74) is 1.91. The molecule has 1 aromatic carbocycles. The first-order chi connectivity index (χ1) is 9.72. The highest BCUT2D eigenvalue weighted by Crippen LogP contribution is 2.14. The number of esters is 1. The molecule has 1 aromatic heterocycles. The summed E-state index contributed by atoms with van der Waals surface area (Å²) in [6.07, 6.45) is 3.35.